The van der Waals surface area contributed by atoms with Crippen molar-refractivity contribution in [2.45, 2.75) is 18.9 Å². The van der Waals surface area contributed by atoms with Gasteiger partial charge in [0.15, 0.2) is 0 Å². The second kappa shape index (κ2) is 10.1. The molecule has 1 amide bonds. The fraction of sp³-hybridized carbons (Fsp3) is 0.200. The molecule has 0 atom stereocenters. The molecule has 1 fully saturated rings. The van der Waals surface area contributed by atoms with Gasteiger partial charge in [-0.3, -0.25) is 4.79 Å². The van der Waals surface area contributed by atoms with Crippen molar-refractivity contribution < 1.29 is 9.90 Å². The van der Waals surface area contributed by atoms with E-state index in [1.807, 2.05) is 54.5 Å². The quantitative estimate of drug-likeness (QED) is 0.290. The van der Waals surface area contributed by atoms with Crippen molar-refractivity contribution >= 4 is 39.6 Å². The van der Waals surface area contributed by atoms with Crippen LogP contribution in [0.5, 0.6) is 0 Å². The lowest BCUT2D eigenvalue weighted by atomic mass is 10.1. The molecule has 8 heteroatoms. The molecule has 0 unspecified atom stereocenters. The van der Waals surface area contributed by atoms with Crippen molar-refractivity contribution in [3.63, 3.8) is 0 Å². The van der Waals surface area contributed by atoms with Crippen LogP contribution < -0.4 is 15.5 Å². The van der Waals surface area contributed by atoms with E-state index in [0.717, 1.165) is 59.6 Å². The minimum absolute atomic E-state index is 0.143. The van der Waals surface area contributed by atoms with Gasteiger partial charge in [-0.2, -0.15) is 5.10 Å². The Morgan fingerprint density at radius 3 is 2.29 bits per heavy atom. The average molecular weight is 507 g/mol. The highest BCUT2D eigenvalue weighted by Gasteiger charge is 2.17. The number of rotatable bonds is 6. The van der Waals surface area contributed by atoms with Gasteiger partial charge in [0.2, 0.25) is 0 Å². The van der Waals surface area contributed by atoms with Gasteiger partial charge in [-0.1, -0.05) is 0 Å². The predicted molar refractivity (Wildman–Crippen MR) is 152 cm³/mol. The van der Waals surface area contributed by atoms with E-state index >= 15 is 0 Å². The molecule has 5 aromatic rings. The molecule has 0 bridgehead atoms. The maximum absolute atomic E-state index is 12.5. The Morgan fingerprint density at radius 2 is 1.58 bits per heavy atom. The summed E-state index contributed by atoms with van der Waals surface area (Å²) in [4.78, 5) is 14.8. The van der Waals surface area contributed by atoms with Gasteiger partial charge in [0, 0.05) is 54.5 Å². The van der Waals surface area contributed by atoms with E-state index in [1.54, 1.807) is 10.6 Å². The number of carbonyl (C=O) groups excluding carboxylic acids is 1. The predicted octanol–water partition coefficient (Wildman–Crippen LogP) is 5.32. The van der Waals surface area contributed by atoms with Crippen LogP contribution in [0.3, 0.4) is 0 Å². The van der Waals surface area contributed by atoms with Crippen LogP contribution in [0.25, 0.3) is 16.6 Å². The zero-order valence-electron chi connectivity index (χ0n) is 21.2. The van der Waals surface area contributed by atoms with Crippen LogP contribution in [0.1, 0.15) is 23.3 Å². The molecule has 1 aliphatic heterocycles. The second-order valence-corrected chi connectivity index (χ2v) is 9.73. The Kier molecular flexibility index (Phi) is 6.31. The highest BCUT2D eigenvalue weighted by atomic mass is 16.3. The van der Waals surface area contributed by atoms with E-state index < -0.39 is 0 Å². The molecule has 0 aliphatic carbocycles. The molecule has 3 N–H and O–H groups in total. The molecule has 38 heavy (non-hydrogen) atoms. The maximum atomic E-state index is 12.5. The largest absolute Gasteiger partial charge is 0.393 e. The van der Waals surface area contributed by atoms with Crippen molar-refractivity contribution in [1.29, 1.82) is 0 Å². The molecule has 0 saturated carbocycles. The fourth-order valence-electron chi connectivity index (χ4n) is 4.94. The number of nitrogens with one attached hydrogen (secondary N) is 2. The van der Waals surface area contributed by atoms with Crippen molar-refractivity contribution in [3.05, 3.63) is 97.0 Å². The summed E-state index contributed by atoms with van der Waals surface area (Å²) in [5.41, 5.74) is 6.44. The van der Waals surface area contributed by atoms with Crippen LogP contribution in [0.4, 0.5) is 22.7 Å². The molecular weight excluding hydrogens is 476 g/mol. The molecule has 0 radical (unpaired) electrons. The number of hydrogen-bond acceptors (Lipinski definition) is 5. The van der Waals surface area contributed by atoms with Gasteiger partial charge >= 0.3 is 0 Å². The Balaban J connectivity index is 1.13. The highest BCUT2D eigenvalue weighted by molar-refractivity contribution is 6.03. The number of nitrogens with zero attached hydrogens (tertiary/aromatic N) is 4. The number of aliphatic hydroxyl groups excluding tert-OH is 1. The number of carbonyl (C=O) groups is 1. The number of anilines is 4. The summed E-state index contributed by atoms with van der Waals surface area (Å²) in [7, 11) is 1.85. The number of aliphatic hydroxyl groups is 1. The minimum atomic E-state index is -0.168. The van der Waals surface area contributed by atoms with E-state index in [9.17, 15) is 9.90 Å². The molecule has 1 saturated heterocycles. The molecule has 3 heterocycles. The summed E-state index contributed by atoms with van der Waals surface area (Å²) in [5, 5.41) is 21.8. The van der Waals surface area contributed by atoms with E-state index in [1.165, 1.54) is 5.69 Å². The third-order valence-electron chi connectivity index (χ3n) is 7.10. The zero-order valence-corrected chi connectivity index (χ0v) is 21.2. The van der Waals surface area contributed by atoms with Crippen molar-refractivity contribution in [1.82, 2.24) is 14.3 Å². The van der Waals surface area contributed by atoms with Crippen LogP contribution in [-0.4, -0.2) is 44.6 Å². The van der Waals surface area contributed by atoms with Gasteiger partial charge in [0.05, 0.1) is 23.5 Å². The van der Waals surface area contributed by atoms with E-state index in [-0.39, 0.29) is 12.0 Å². The lowest BCUT2D eigenvalue weighted by Crippen LogP contribution is -2.35. The summed E-state index contributed by atoms with van der Waals surface area (Å²) in [5.74, 6) is -0.143. The van der Waals surface area contributed by atoms with Gasteiger partial charge in [-0.05, 0) is 91.7 Å². The lowest BCUT2D eigenvalue weighted by molar-refractivity contribution is 0.101. The van der Waals surface area contributed by atoms with E-state index in [0.29, 0.717) is 5.69 Å². The lowest BCUT2D eigenvalue weighted by Gasteiger charge is -2.31. The molecular formula is C30H30N6O2. The number of fused-ring (bicyclic) bond motifs is 1. The van der Waals surface area contributed by atoms with Crippen molar-refractivity contribution in [2.75, 3.05) is 28.6 Å². The second-order valence-electron chi connectivity index (χ2n) is 9.73. The van der Waals surface area contributed by atoms with Crippen molar-refractivity contribution in [3.8, 4) is 5.69 Å². The van der Waals surface area contributed by atoms with Crippen LogP contribution >= 0.6 is 0 Å². The molecule has 3 aromatic carbocycles. The number of aromatic nitrogens is 3. The molecule has 8 nitrogen and oxygen atoms in total. The first-order valence-electron chi connectivity index (χ1n) is 12.8. The zero-order chi connectivity index (χ0) is 26.1. The number of piperidine rings is 1. The van der Waals surface area contributed by atoms with E-state index in [4.69, 9.17) is 0 Å². The summed E-state index contributed by atoms with van der Waals surface area (Å²) >= 11 is 0. The average Bonchev–Trinajstić information content (AvgIpc) is 3.56. The van der Waals surface area contributed by atoms with Gasteiger partial charge in [0.1, 0.15) is 5.69 Å². The standard InChI is InChI=1S/C30H30N6O2/c1-34-16-2-3-29(34)30(38)33-23-6-11-26(12-7-23)36-28-13-8-24(19-21(28)20-31-36)32-22-4-9-25(10-5-22)35-17-14-27(37)15-18-35/h2-13,16,19-20,27,32,37H,14-15,17-18H2,1H3,(H,33,38). The first-order chi connectivity index (χ1) is 18.5. The number of hydrogen-bond donors (Lipinski definition) is 3. The third-order valence-corrected chi connectivity index (χ3v) is 7.10. The summed E-state index contributed by atoms with van der Waals surface area (Å²) in [6.07, 6.45) is 5.18. The first kappa shape index (κ1) is 23.8. The highest BCUT2D eigenvalue weighted by Crippen LogP contribution is 2.27. The van der Waals surface area contributed by atoms with Gasteiger partial charge in [-0.25, -0.2) is 4.68 Å². The Morgan fingerprint density at radius 1 is 0.895 bits per heavy atom. The van der Waals surface area contributed by atoms with Crippen molar-refractivity contribution in [2.24, 2.45) is 7.05 Å². The topological polar surface area (TPSA) is 87.4 Å². The number of aryl methyl sites for hydroxylation is 1. The summed E-state index contributed by atoms with van der Waals surface area (Å²) in [6, 6.07) is 25.9. The van der Waals surface area contributed by atoms with Gasteiger partial charge in [-0.15, -0.1) is 0 Å². The number of benzene rings is 3. The Bertz CT molecular complexity index is 1560. The number of amides is 1. The van der Waals surface area contributed by atoms with Crippen LogP contribution in [-0.2, 0) is 7.05 Å². The SMILES string of the molecule is Cn1cccc1C(=O)Nc1ccc(-n2ncc3cc(Nc4ccc(N5CCC(O)CC5)cc4)ccc32)cc1. The smallest absolute Gasteiger partial charge is 0.272 e. The van der Waals surface area contributed by atoms with Gasteiger partial charge < -0.3 is 25.2 Å². The van der Waals surface area contributed by atoms with Crippen LogP contribution in [0.2, 0.25) is 0 Å². The normalized spacial score (nSPS) is 14.1. The molecule has 192 valence electrons. The van der Waals surface area contributed by atoms with E-state index in [2.05, 4.69) is 63.1 Å². The van der Waals surface area contributed by atoms with Crippen LogP contribution in [0.15, 0.2) is 91.3 Å². The fourth-order valence-corrected chi connectivity index (χ4v) is 4.94. The monoisotopic (exact) mass is 506 g/mol. The summed E-state index contributed by atoms with van der Waals surface area (Å²) in [6.45, 7) is 1.78. The molecule has 2 aromatic heterocycles. The Labute approximate surface area is 221 Å². The summed E-state index contributed by atoms with van der Waals surface area (Å²) < 4.78 is 3.69. The van der Waals surface area contributed by atoms with Crippen LogP contribution in [0, 0.1) is 0 Å². The molecule has 6 rings (SSSR count). The first-order valence-corrected chi connectivity index (χ1v) is 12.8. The van der Waals surface area contributed by atoms with Gasteiger partial charge in [0.25, 0.3) is 5.91 Å². The third kappa shape index (κ3) is 4.86. The molecule has 1 aliphatic rings. The Hall–Kier alpha value is -4.56. The molecule has 0 spiro atoms. The minimum Gasteiger partial charge on any atom is -0.393 e. The maximum Gasteiger partial charge on any atom is 0.272 e.